The summed E-state index contributed by atoms with van der Waals surface area (Å²) in [5.74, 6) is 2.56. The number of fused-ring (bicyclic) bond motifs is 1. The minimum atomic E-state index is -0.130. The zero-order valence-electron chi connectivity index (χ0n) is 17.4. The average molecular weight is 400 g/mol. The highest BCUT2D eigenvalue weighted by Gasteiger charge is 2.32. The number of hydrogen-bond acceptors (Lipinski definition) is 5. The van der Waals surface area contributed by atoms with E-state index in [1.54, 1.807) is 11.3 Å². The Kier molecular flexibility index (Phi) is 4.89. The van der Waals surface area contributed by atoms with Gasteiger partial charge < -0.3 is 4.98 Å². The van der Waals surface area contributed by atoms with Gasteiger partial charge in [0.1, 0.15) is 11.5 Å². The second kappa shape index (κ2) is 7.10. The molecule has 0 amide bonds. The van der Waals surface area contributed by atoms with Crippen LogP contribution in [0.15, 0.2) is 10.2 Å². The van der Waals surface area contributed by atoms with Crippen molar-refractivity contribution in [2.45, 2.75) is 72.6 Å². The Labute approximate surface area is 169 Å². The largest absolute Gasteiger partial charge is 0.302 e. The highest BCUT2D eigenvalue weighted by atomic mass is 32.1. The molecule has 3 aromatic heterocycles. The van der Waals surface area contributed by atoms with Gasteiger partial charge in [0.25, 0.3) is 5.56 Å². The zero-order chi connectivity index (χ0) is 20.1. The van der Waals surface area contributed by atoms with Gasteiger partial charge in [0.2, 0.25) is 0 Å². The Bertz CT molecular complexity index is 1050. The van der Waals surface area contributed by atoms with Gasteiger partial charge in [-0.05, 0) is 50.4 Å². The van der Waals surface area contributed by atoms with Gasteiger partial charge in [-0.2, -0.15) is 0 Å². The molecule has 4 rings (SSSR count). The first-order valence-corrected chi connectivity index (χ1v) is 11.1. The standard InChI is InChI=1S/C21H29N5OS/c1-6-15-17-20(27)24-18(16-11-28-12(2)22-16)25-26(17)19(23-15)13-7-9-14(10-8-13)21(3,4)5/h11,13-14H,6-10H2,1-5H3,(H,24,25,27)/t13-,14+. The van der Waals surface area contributed by atoms with E-state index in [0.717, 1.165) is 47.4 Å². The van der Waals surface area contributed by atoms with Gasteiger partial charge in [-0.1, -0.05) is 27.7 Å². The molecular formula is C21H29N5OS. The van der Waals surface area contributed by atoms with Gasteiger partial charge in [0, 0.05) is 11.3 Å². The number of imidazole rings is 1. The summed E-state index contributed by atoms with van der Waals surface area (Å²) in [6.45, 7) is 11.0. The molecule has 6 nitrogen and oxygen atoms in total. The van der Waals surface area contributed by atoms with E-state index in [9.17, 15) is 4.79 Å². The monoisotopic (exact) mass is 399 g/mol. The Morgan fingerprint density at radius 3 is 2.50 bits per heavy atom. The third kappa shape index (κ3) is 3.41. The number of rotatable bonds is 3. The summed E-state index contributed by atoms with van der Waals surface area (Å²) in [7, 11) is 0. The van der Waals surface area contributed by atoms with E-state index in [1.165, 1.54) is 12.8 Å². The lowest BCUT2D eigenvalue weighted by molar-refractivity contribution is 0.167. The number of hydrogen-bond donors (Lipinski definition) is 1. The molecule has 0 aliphatic heterocycles. The molecule has 1 aliphatic carbocycles. The van der Waals surface area contributed by atoms with Gasteiger partial charge in [0.05, 0.1) is 10.7 Å². The number of nitrogens with one attached hydrogen (secondary N) is 1. The van der Waals surface area contributed by atoms with Crippen LogP contribution in [0.5, 0.6) is 0 Å². The lowest BCUT2D eigenvalue weighted by Crippen LogP contribution is -2.26. The van der Waals surface area contributed by atoms with Crippen LogP contribution in [0.2, 0.25) is 0 Å². The molecule has 0 spiro atoms. The maximum Gasteiger partial charge on any atom is 0.277 e. The van der Waals surface area contributed by atoms with E-state index in [-0.39, 0.29) is 5.56 Å². The lowest BCUT2D eigenvalue weighted by atomic mass is 9.70. The van der Waals surface area contributed by atoms with Crippen molar-refractivity contribution >= 4 is 16.9 Å². The summed E-state index contributed by atoms with van der Waals surface area (Å²) in [5.41, 5.74) is 2.36. The van der Waals surface area contributed by atoms with Crippen LogP contribution < -0.4 is 5.56 Å². The Hall–Kier alpha value is -2.02. The Morgan fingerprint density at radius 1 is 1.21 bits per heavy atom. The van der Waals surface area contributed by atoms with Crippen molar-refractivity contribution < 1.29 is 0 Å². The fraction of sp³-hybridized carbons (Fsp3) is 0.619. The van der Waals surface area contributed by atoms with Crippen molar-refractivity contribution in [3.63, 3.8) is 0 Å². The molecule has 0 bridgehead atoms. The first-order valence-electron chi connectivity index (χ1n) is 10.2. The normalized spacial score (nSPS) is 20.8. The molecule has 28 heavy (non-hydrogen) atoms. The number of aryl methyl sites for hydroxylation is 2. The van der Waals surface area contributed by atoms with Crippen LogP contribution in [-0.4, -0.2) is 24.6 Å². The summed E-state index contributed by atoms with van der Waals surface area (Å²) in [6, 6.07) is 0. The minimum absolute atomic E-state index is 0.130. The summed E-state index contributed by atoms with van der Waals surface area (Å²) in [5, 5.41) is 7.67. The van der Waals surface area contributed by atoms with Crippen molar-refractivity contribution in [2.75, 3.05) is 0 Å². The van der Waals surface area contributed by atoms with E-state index < -0.39 is 0 Å². The second-order valence-electron chi connectivity index (χ2n) is 9.00. The van der Waals surface area contributed by atoms with Gasteiger partial charge >= 0.3 is 0 Å². The average Bonchev–Trinajstić information content (AvgIpc) is 3.25. The maximum atomic E-state index is 12.9. The van der Waals surface area contributed by atoms with E-state index in [4.69, 9.17) is 10.1 Å². The molecule has 0 atom stereocenters. The third-order valence-electron chi connectivity index (χ3n) is 6.11. The summed E-state index contributed by atoms with van der Waals surface area (Å²) >= 11 is 1.56. The van der Waals surface area contributed by atoms with Crippen molar-refractivity contribution in [3.8, 4) is 11.5 Å². The van der Waals surface area contributed by atoms with E-state index in [0.29, 0.717) is 22.7 Å². The van der Waals surface area contributed by atoms with Gasteiger partial charge in [-0.25, -0.2) is 14.5 Å². The molecule has 1 N–H and O–H groups in total. The van der Waals surface area contributed by atoms with Crippen LogP contribution in [0.4, 0.5) is 0 Å². The molecule has 1 saturated carbocycles. The van der Waals surface area contributed by atoms with Gasteiger partial charge in [-0.3, -0.25) is 4.79 Å². The van der Waals surface area contributed by atoms with Gasteiger partial charge in [-0.15, -0.1) is 16.4 Å². The number of aromatic nitrogens is 5. The van der Waals surface area contributed by atoms with Crippen molar-refractivity contribution in [1.82, 2.24) is 24.6 Å². The quantitative estimate of drug-likeness (QED) is 0.691. The van der Waals surface area contributed by atoms with E-state index in [2.05, 4.69) is 30.7 Å². The molecular weight excluding hydrogens is 370 g/mol. The smallest absolute Gasteiger partial charge is 0.277 e. The predicted molar refractivity (Wildman–Crippen MR) is 113 cm³/mol. The molecule has 0 radical (unpaired) electrons. The molecule has 150 valence electrons. The first kappa shape index (κ1) is 19.3. The number of thiazole rings is 1. The molecule has 1 aliphatic rings. The molecule has 1 fully saturated rings. The molecule has 3 heterocycles. The lowest BCUT2D eigenvalue weighted by Gasteiger charge is -2.36. The van der Waals surface area contributed by atoms with Crippen LogP contribution in [0.3, 0.4) is 0 Å². The predicted octanol–water partition coefficient (Wildman–Crippen LogP) is 4.73. The molecule has 0 saturated heterocycles. The maximum absolute atomic E-state index is 12.9. The Morgan fingerprint density at radius 2 is 1.93 bits per heavy atom. The first-order chi connectivity index (χ1) is 13.3. The number of aromatic amines is 1. The van der Waals surface area contributed by atoms with Crippen LogP contribution >= 0.6 is 11.3 Å². The van der Waals surface area contributed by atoms with E-state index >= 15 is 0 Å². The third-order valence-corrected chi connectivity index (χ3v) is 6.89. The van der Waals surface area contributed by atoms with Crippen LogP contribution in [-0.2, 0) is 6.42 Å². The molecule has 7 heteroatoms. The summed E-state index contributed by atoms with van der Waals surface area (Å²) in [4.78, 5) is 25.1. The van der Waals surface area contributed by atoms with Crippen LogP contribution in [0.1, 0.15) is 75.8 Å². The fourth-order valence-corrected chi connectivity index (χ4v) is 5.01. The molecule has 3 aromatic rings. The Balaban J connectivity index is 1.76. The van der Waals surface area contributed by atoms with Crippen molar-refractivity contribution in [3.05, 3.63) is 32.3 Å². The van der Waals surface area contributed by atoms with Crippen LogP contribution in [0, 0.1) is 18.3 Å². The van der Waals surface area contributed by atoms with Gasteiger partial charge in [0.15, 0.2) is 11.3 Å². The molecule has 0 unspecified atom stereocenters. The highest BCUT2D eigenvalue weighted by molar-refractivity contribution is 7.09. The van der Waals surface area contributed by atoms with Crippen molar-refractivity contribution in [2.24, 2.45) is 11.3 Å². The number of H-pyrrole nitrogens is 1. The fourth-order valence-electron chi connectivity index (χ4n) is 4.41. The highest BCUT2D eigenvalue weighted by Crippen LogP contribution is 2.43. The SMILES string of the molecule is CCc1nc([C@H]2CC[C@@H](C(C)(C)C)CC2)n2nc(-c3csc(C)n3)[nH]c(=O)c12. The minimum Gasteiger partial charge on any atom is -0.302 e. The summed E-state index contributed by atoms with van der Waals surface area (Å²) < 4.78 is 1.81. The second-order valence-corrected chi connectivity index (χ2v) is 10.1. The summed E-state index contributed by atoms with van der Waals surface area (Å²) in [6.07, 6.45) is 5.33. The van der Waals surface area contributed by atoms with Crippen molar-refractivity contribution in [1.29, 1.82) is 0 Å². The molecule has 0 aromatic carbocycles. The van der Waals surface area contributed by atoms with E-state index in [1.807, 2.05) is 23.7 Å². The number of nitrogens with zero attached hydrogens (tertiary/aromatic N) is 4. The topological polar surface area (TPSA) is 75.9 Å². The van der Waals surface area contributed by atoms with Crippen LogP contribution in [0.25, 0.3) is 17.0 Å². The zero-order valence-corrected chi connectivity index (χ0v) is 18.2.